The maximum absolute atomic E-state index is 13.5. The van der Waals surface area contributed by atoms with Crippen molar-refractivity contribution in [3.63, 3.8) is 0 Å². The lowest BCUT2D eigenvalue weighted by Gasteiger charge is -2.37. The predicted molar refractivity (Wildman–Crippen MR) is 153 cm³/mol. The average Bonchev–Trinajstić information content (AvgIpc) is 2.91. The van der Waals surface area contributed by atoms with Crippen molar-refractivity contribution in [2.45, 2.75) is 26.8 Å². The van der Waals surface area contributed by atoms with Crippen molar-refractivity contribution >= 4 is 45.8 Å². The van der Waals surface area contributed by atoms with E-state index in [1.165, 1.54) is 6.07 Å². The molecule has 1 saturated heterocycles. The number of aromatic carboxylic acids is 1. The van der Waals surface area contributed by atoms with Gasteiger partial charge >= 0.3 is 5.97 Å². The number of rotatable bonds is 6. The van der Waals surface area contributed by atoms with Gasteiger partial charge in [-0.25, -0.2) is 14.8 Å². The van der Waals surface area contributed by atoms with Gasteiger partial charge in [0.05, 0.1) is 22.6 Å². The lowest BCUT2D eigenvalue weighted by Crippen LogP contribution is -2.48. The zero-order valence-electron chi connectivity index (χ0n) is 22.3. The number of carboxylic acids is 1. The molecule has 1 atom stereocenters. The maximum atomic E-state index is 13.5. The van der Waals surface area contributed by atoms with Gasteiger partial charge in [-0.1, -0.05) is 17.7 Å². The van der Waals surface area contributed by atoms with Crippen LogP contribution in [0, 0.1) is 13.8 Å². The number of pyridine rings is 2. The van der Waals surface area contributed by atoms with E-state index in [2.05, 4.69) is 31.2 Å². The second-order valence-corrected chi connectivity index (χ2v) is 10.2. The van der Waals surface area contributed by atoms with Crippen molar-refractivity contribution < 1.29 is 9.90 Å². The van der Waals surface area contributed by atoms with E-state index >= 15 is 0 Å². The number of nitrogens with one attached hydrogen (secondary N) is 1. The van der Waals surface area contributed by atoms with Gasteiger partial charge < -0.3 is 20.2 Å². The number of nitrogens with zero attached hydrogens (tertiary/aromatic N) is 6. The Bertz CT molecular complexity index is 1630. The third kappa shape index (κ3) is 5.24. The first-order valence-corrected chi connectivity index (χ1v) is 13.1. The third-order valence-electron chi connectivity index (χ3n) is 7.04. The van der Waals surface area contributed by atoms with E-state index in [9.17, 15) is 14.7 Å². The van der Waals surface area contributed by atoms with Crippen LogP contribution in [0.25, 0.3) is 10.9 Å². The van der Waals surface area contributed by atoms with Crippen LogP contribution >= 0.6 is 11.6 Å². The van der Waals surface area contributed by atoms with E-state index in [-0.39, 0.29) is 22.4 Å². The molecule has 2 N–H and O–H groups in total. The van der Waals surface area contributed by atoms with Crippen LogP contribution < -0.4 is 20.7 Å². The molecule has 10 nitrogen and oxygen atoms in total. The van der Waals surface area contributed by atoms with Gasteiger partial charge in [-0.15, -0.1) is 0 Å². The molecule has 3 aromatic heterocycles. The first kappa shape index (κ1) is 26.4. The molecule has 4 aromatic rings. The summed E-state index contributed by atoms with van der Waals surface area (Å²) in [4.78, 5) is 43.0. The number of hydrogen-bond acceptors (Lipinski definition) is 8. The molecule has 0 amide bonds. The maximum Gasteiger partial charge on any atom is 0.356 e. The summed E-state index contributed by atoms with van der Waals surface area (Å²) in [6, 6.07) is 10.7. The standard InChI is InChI=1S/C28H30ClN7O3/c1-16-13-20(18(3)31-22-5-6-23(29)32-25(22)27(38)39)24-21(14-16)26(37)34(4)28(33-24)36-11-9-35(10-12-36)19-7-8-30-17(2)15-19/h5-8,13-15,18,31H,9-12H2,1-4H3,(H,38,39)/t18-/m1/s1. The highest BCUT2D eigenvalue weighted by molar-refractivity contribution is 6.29. The van der Waals surface area contributed by atoms with Gasteiger partial charge in [0, 0.05) is 56.4 Å². The number of piperazine rings is 1. The molecule has 0 unspecified atom stereocenters. The number of carboxylic acid groups (broad SMARTS) is 1. The molecular weight excluding hydrogens is 518 g/mol. The van der Waals surface area contributed by atoms with Crippen molar-refractivity contribution in [2.75, 3.05) is 41.3 Å². The number of anilines is 3. The van der Waals surface area contributed by atoms with Crippen molar-refractivity contribution in [1.82, 2.24) is 19.5 Å². The Kier molecular flexibility index (Phi) is 7.14. The number of fused-ring (bicyclic) bond motifs is 1. The number of carbonyl (C=O) groups is 1. The first-order chi connectivity index (χ1) is 18.6. The Morgan fingerprint density at radius 2 is 1.77 bits per heavy atom. The van der Waals surface area contributed by atoms with E-state index in [0.29, 0.717) is 35.6 Å². The average molecular weight is 548 g/mol. The summed E-state index contributed by atoms with van der Waals surface area (Å²) in [6.07, 6.45) is 1.82. The van der Waals surface area contributed by atoms with E-state index < -0.39 is 5.97 Å². The summed E-state index contributed by atoms with van der Waals surface area (Å²) >= 11 is 5.93. The smallest absolute Gasteiger partial charge is 0.356 e. The summed E-state index contributed by atoms with van der Waals surface area (Å²) < 4.78 is 1.61. The van der Waals surface area contributed by atoms with Crippen LogP contribution in [0.1, 0.15) is 40.3 Å². The number of benzene rings is 1. The highest BCUT2D eigenvalue weighted by atomic mass is 35.5. The molecule has 39 heavy (non-hydrogen) atoms. The van der Waals surface area contributed by atoms with E-state index in [4.69, 9.17) is 16.6 Å². The molecule has 5 rings (SSSR count). The van der Waals surface area contributed by atoms with Crippen LogP contribution in [0.4, 0.5) is 17.3 Å². The molecule has 4 heterocycles. The summed E-state index contributed by atoms with van der Waals surface area (Å²) in [6.45, 7) is 8.81. The minimum atomic E-state index is -1.18. The number of halogens is 1. The zero-order valence-corrected chi connectivity index (χ0v) is 23.0. The Balaban J connectivity index is 1.49. The fraction of sp³-hybridized carbons (Fsp3) is 0.321. The van der Waals surface area contributed by atoms with Crippen molar-refractivity contribution in [2.24, 2.45) is 7.05 Å². The van der Waals surface area contributed by atoms with Crippen molar-refractivity contribution in [3.8, 4) is 0 Å². The topological polar surface area (TPSA) is 116 Å². The molecule has 202 valence electrons. The fourth-order valence-corrected chi connectivity index (χ4v) is 5.22. The first-order valence-electron chi connectivity index (χ1n) is 12.7. The summed E-state index contributed by atoms with van der Waals surface area (Å²) in [7, 11) is 1.75. The lowest BCUT2D eigenvalue weighted by molar-refractivity contribution is 0.0691. The van der Waals surface area contributed by atoms with Gasteiger partial charge in [-0.05, 0) is 56.7 Å². The van der Waals surface area contributed by atoms with Crippen LogP contribution in [-0.2, 0) is 7.05 Å². The molecule has 0 bridgehead atoms. The van der Waals surface area contributed by atoms with Gasteiger partial charge in [-0.3, -0.25) is 14.3 Å². The second-order valence-electron chi connectivity index (χ2n) is 9.86. The number of aromatic nitrogens is 4. The fourth-order valence-electron chi connectivity index (χ4n) is 5.07. The predicted octanol–water partition coefficient (Wildman–Crippen LogP) is 4.19. The quantitative estimate of drug-likeness (QED) is 0.343. The largest absolute Gasteiger partial charge is 0.476 e. The van der Waals surface area contributed by atoms with Crippen LogP contribution in [0.2, 0.25) is 5.15 Å². The molecule has 0 radical (unpaired) electrons. The monoisotopic (exact) mass is 547 g/mol. The lowest BCUT2D eigenvalue weighted by atomic mass is 10.0. The molecule has 0 aliphatic carbocycles. The van der Waals surface area contributed by atoms with Gasteiger partial charge in [0.15, 0.2) is 5.69 Å². The molecule has 1 aliphatic heterocycles. The van der Waals surface area contributed by atoms with Crippen molar-refractivity contribution in [3.05, 3.63) is 80.6 Å². The van der Waals surface area contributed by atoms with Crippen LogP contribution in [-0.4, -0.2) is 56.8 Å². The van der Waals surface area contributed by atoms with E-state index in [1.54, 1.807) is 17.7 Å². The molecule has 0 saturated carbocycles. The Morgan fingerprint density at radius 1 is 1.05 bits per heavy atom. The Morgan fingerprint density at radius 3 is 2.46 bits per heavy atom. The van der Waals surface area contributed by atoms with Crippen LogP contribution in [0.5, 0.6) is 0 Å². The van der Waals surface area contributed by atoms with E-state index in [0.717, 1.165) is 35.6 Å². The molecule has 0 spiro atoms. The number of aryl methyl sites for hydroxylation is 2. The highest BCUT2D eigenvalue weighted by Crippen LogP contribution is 2.29. The summed E-state index contributed by atoms with van der Waals surface area (Å²) in [5, 5.41) is 13.5. The third-order valence-corrected chi connectivity index (χ3v) is 7.25. The minimum Gasteiger partial charge on any atom is -0.476 e. The normalized spacial score (nSPS) is 14.5. The minimum absolute atomic E-state index is 0.0978. The van der Waals surface area contributed by atoms with Gasteiger partial charge in [-0.2, -0.15) is 0 Å². The van der Waals surface area contributed by atoms with Crippen LogP contribution in [0.15, 0.2) is 47.4 Å². The molecule has 1 aliphatic rings. The Labute approximate surface area is 230 Å². The van der Waals surface area contributed by atoms with Gasteiger partial charge in [0.2, 0.25) is 5.95 Å². The molecule has 1 aromatic carbocycles. The van der Waals surface area contributed by atoms with Gasteiger partial charge in [0.25, 0.3) is 5.56 Å². The summed E-state index contributed by atoms with van der Waals surface area (Å²) in [5.41, 5.74) is 4.44. The van der Waals surface area contributed by atoms with Crippen LogP contribution in [0.3, 0.4) is 0 Å². The highest BCUT2D eigenvalue weighted by Gasteiger charge is 2.24. The molecule has 1 fully saturated rings. The second kappa shape index (κ2) is 10.5. The van der Waals surface area contributed by atoms with E-state index in [1.807, 2.05) is 45.2 Å². The van der Waals surface area contributed by atoms with Crippen molar-refractivity contribution in [1.29, 1.82) is 0 Å². The zero-order chi connectivity index (χ0) is 27.8. The SMILES string of the molecule is Cc1cc([C@@H](C)Nc2ccc(Cl)nc2C(=O)O)c2nc(N3CCN(c4ccnc(C)c4)CC3)n(C)c(=O)c2c1. The van der Waals surface area contributed by atoms with Gasteiger partial charge in [0.1, 0.15) is 5.15 Å². The molecular formula is C28H30ClN7O3. The Hall–Kier alpha value is -4.18. The summed E-state index contributed by atoms with van der Waals surface area (Å²) in [5.74, 6) is -0.577. The number of hydrogen-bond donors (Lipinski definition) is 2. The molecule has 11 heteroatoms.